The molecule has 10 nitrogen and oxygen atoms in total. The molecule has 4 aromatic rings. The van der Waals surface area contributed by atoms with Gasteiger partial charge in [0.05, 0.1) is 37.9 Å². The summed E-state index contributed by atoms with van der Waals surface area (Å²) in [5.41, 5.74) is 5.98. The summed E-state index contributed by atoms with van der Waals surface area (Å²) >= 11 is 0. The zero-order valence-corrected chi connectivity index (χ0v) is 17.6. The Bertz CT molecular complexity index is 1300. The summed E-state index contributed by atoms with van der Waals surface area (Å²) in [5.74, 6) is 1.22. The van der Waals surface area contributed by atoms with Crippen molar-refractivity contribution in [3.63, 3.8) is 0 Å². The van der Waals surface area contributed by atoms with Crippen LogP contribution in [0.5, 0.6) is 17.2 Å². The second kappa shape index (κ2) is 8.33. The highest BCUT2D eigenvalue weighted by molar-refractivity contribution is 5.81. The number of aromatic nitrogens is 5. The van der Waals surface area contributed by atoms with E-state index in [1.165, 1.54) is 38.3 Å². The van der Waals surface area contributed by atoms with Gasteiger partial charge in [0.1, 0.15) is 6.33 Å². The molecule has 2 aromatic carbocycles. The molecule has 3 N–H and O–H groups in total. The van der Waals surface area contributed by atoms with Crippen molar-refractivity contribution in [3.8, 4) is 23.2 Å². The Labute approximate surface area is 185 Å². The first-order valence-electron chi connectivity index (χ1n) is 9.36. The number of methoxy groups -OCH3 is 3. The number of nitrogen functional groups attached to an aromatic ring is 1. The molecule has 0 atom stereocenters. The van der Waals surface area contributed by atoms with Crippen LogP contribution in [-0.2, 0) is 6.18 Å². The third-order valence-corrected chi connectivity index (χ3v) is 4.69. The number of nitrogens with zero attached hydrogens (tertiary/aromatic N) is 5. The SMILES string of the molecule is COc1cc(Nc2ncnc(-n3c(N)nc4ccc(C(F)(F)F)cc43)n2)cc(OC)c1OC. The smallest absolute Gasteiger partial charge is 0.416 e. The fourth-order valence-corrected chi connectivity index (χ4v) is 3.22. The average Bonchev–Trinajstić information content (AvgIpc) is 3.12. The molecule has 0 saturated heterocycles. The number of ether oxygens (including phenoxy) is 3. The second-order valence-electron chi connectivity index (χ2n) is 6.65. The first-order chi connectivity index (χ1) is 15.7. The van der Waals surface area contributed by atoms with Crippen LogP contribution in [0.25, 0.3) is 17.0 Å². The zero-order valence-electron chi connectivity index (χ0n) is 17.6. The molecule has 0 saturated carbocycles. The molecule has 33 heavy (non-hydrogen) atoms. The summed E-state index contributed by atoms with van der Waals surface area (Å²) in [6.45, 7) is 0. The highest BCUT2D eigenvalue weighted by Gasteiger charge is 2.31. The minimum atomic E-state index is -4.53. The third kappa shape index (κ3) is 4.12. The van der Waals surface area contributed by atoms with Crippen molar-refractivity contribution in [2.45, 2.75) is 6.18 Å². The van der Waals surface area contributed by atoms with E-state index in [2.05, 4.69) is 25.3 Å². The molecule has 4 rings (SSSR count). The molecule has 0 aliphatic carbocycles. The van der Waals surface area contributed by atoms with Gasteiger partial charge < -0.3 is 25.3 Å². The number of hydrogen-bond donors (Lipinski definition) is 2. The normalized spacial score (nSPS) is 11.5. The molecule has 0 spiro atoms. The molecule has 0 fully saturated rings. The largest absolute Gasteiger partial charge is 0.493 e. The number of imidazole rings is 1. The van der Waals surface area contributed by atoms with Gasteiger partial charge in [0.25, 0.3) is 0 Å². The maximum absolute atomic E-state index is 13.2. The van der Waals surface area contributed by atoms with Gasteiger partial charge in [0.2, 0.25) is 23.6 Å². The van der Waals surface area contributed by atoms with Crippen molar-refractivity contribution < 1.29 is 27.4 Å². The Morgan fingerprint density at radius 3 is 2.24 bits per heavy atom. The standard InChI is InChI=1S/C20H18F3N7O3/c1-31-14-7-11(8-15(32-2)16(14)33-3)27-18-25-9-26-19(29-18)30-13-6-10(20(21,22)23)4-5-12(13)28-17(30)24/h4-9H,1-3H3,(H2,24,28)(H,25,26,27,29). The lowest BCUT2D eigenvalue weighted by atomic mass is 10.2. The first-order valence-corrected chi connectivity index (χ1v) is 9.36. The number of anilines is 3. The molecule has 0 radical (unpaired) electrons. The van der Waals surface area contributed by atoms with Gasteiger partial charge in [-0.1, -0.05) is 0 Å². The average molecular weight is 461 g/mol. The van der Waals surface area contributed by atoms with Crippen LogP contribution in [0.1, 0.15) is 5.56 Å². The summed E-state index contributed by atoms with van der Waals surface area (Å²) in [6.07, 6.45) is -3.34. The fraction of sp³-hybridized carbons (Fsp3) is 0.200. The Balaban J connectivity index is 1.75. The molecule has 13 heteroatoms. The molecule has 2 heterocycles. The summed E-state index contributed by atoms with van der Waals surface area (Å²) < 4.78 is 56.8. The number of halogens is 3. The highest BCUT2D eigenvalue weighted by Crippen LogP contribution is 2.40. The Morgan fingerprint density at radius 2 is 1.64 bits per heavy atom. The van der Waals surface area contributed by atoms with Crippen molar-refractivity contribution in [1.29, 1.82) is 0 Å². The third-order valence-electron chi connectivity index (χ3n) is 4.69. The Morgan fingerprint density at radius 1 is 0.939 bits per heavy atom. The maximum atomic E-state index is 13.2. The number of alkyl halides is 3. The van der Waals surface area contributed by atoms with Gasteiger partial charge in [-0.2, -0.15) is 18.2 Å². The van der Waals surface area contributed by atoms with Crippen LogP contribution in [0.3, 0.4) is 0 Å². The summed E-state index contributed by atoms with van der Waals surface area (Å²) in [5, 5.41) is 2.98. The molecule has 0 aliphatic rings. The van der Waals surface area contributed by atoms with Crippen LogP contribution in [0.15, 0.2) is 36.7 Å². The van der Waals surface area contributed by atoms with E-state index in [0.29, 0.717) is 22.9 Å². The van der Waals surface area contributed by atoms with E-state index in [4.69, 9.17) is 19.9 Å². The van der Waals surface area contributed by atoms with Crippen LogP contribution in [0.4, 0.5) is 30.8 Å². The summed E-state index contributed by atoms with van der Waals surface area (Å²) in [6, 6.07) is 6.39. The minimum Gasteiger partial charge on any atom is -0.493 e. The van der Waals surface area contributed by atoms with Crippen molar-refractivity contribution in [2.24, 2.45) is 0 Å². The fourth-order valence-electron chi connectivity index (χ4n) is 3.22. The number of benzene rings is 2. The lowest BCUT2D eigenvalue weighted by molar-refractivity contribution is -0.137. The molecule has 0 aliphatic heterocycles. The van der Waals surface area contributed by atoms with Gasteiger partial charge >= 0.3 is 6.18 Å². The molecular weight excluding hydrogens is 443 g/mol. The van der Waals surface area contributed by atoms with E-state index in [-0.39, 0.29) is 28.9 Å². The van der Waals surface area contributed by atoms with Gasteiger partial charge in [0, 0.05) is 17.8 Å². The minimum absolute atomic E-state index is 0.0146. The molecule has 0 amide bonds. The topological polar surface area (TPSA) is 122 Å². The van der Waals surface area contributed by atoms with Crippen molar-refractivity contribution >= 4 is 28.6 Å². The van der Waals surface area contributed by atoms with Crippen LogP contribution in [-0.4, -0.2) is 45.8 Å². The van der Waals surface area contributed by atoms with Crippen molar-refractivity contribution in [1.82, 2.24) is 24.5 Å². The van der Waals surface area contributed by atoms with Crippen LogP contribution < -0.4 is 25.3 Å². The van der Waals surface area contributed by atoms with Gasteiger partial charge in [-0.05, 0) is 18.2 Å². The van der Waals surface area contributed by atoms with Gasteiger partial charge in [-0.15, -0.1) is 0 Å². The second-order valence-corrected chi connectivity index (χ2v) is 6.65. The van der Waals surface area contributed by atoms with E-state index in [1.54, 1.807) is 12.1 Å². The quantitative estimate of drug-likeness (QED) is 0.444. The summed E-state index contributed by atoms with van der Waals surface area (Å²) in [4.78, 5) is 16.5. The van der Waals surface area contributed by atoms with Crippen LogP contribution in [0, 0.1) is 0 Å². The maximum Gasteiger partial charge on any atom is 0.416 e. The van der Waals surface area contributed by atoms with Gasteiger partial charge in [-0.25, -0.2) is 19.5 Å². The molecular formula is C20H18F3N7O3. The van der Waals surface area contributed by atoms with Crippen molar-refractivity contribution in [3.05, 3.63) is 42.2 Å². The van der Waals surface area contributed by atoms with Crippen molar-refractivity contribution in [2.75, 3.05) is 32.4 Å². The van der Waals surface area contributed by atoms with E-state index in [1.807, 2.05) is 0 Å². The predicted molar refractivity (Wildman–Crippen MR) is 113 cm³/mol. The molecule has 0 unspecified atom stereocenters. The number of nitrogens with one attached hydrogen (secondary N) is 1. The van der Waals surface area contributed by atoms with Gasteiger partial charge in [0.15, 0.2) is 11.5 Å². The number of fused-ring (bicyclic) bond motifs is 1. The van der Waals surface area contributed by atoms with Crippen LogP contribution in [0.2, 0.25) is 0 Å². The summed E-state index contributed by atoms with van der Waals surface area (Å²) in [7, 11) is 4.43. The number of nitrogens with two attached hydrogens (primary N) is 1. The first kappa shape index (κ1) is 21.9. The zero-order chi connectivity index (χ0) is 23.8. The number of hydrogen-bond acceptors (Lipinski definition) is 9. The monoisotopic (exact) mass is 461 g/mol. The molecule has 2 aromatic heterocycles. The van der Waals surface area contributed by atoms with E-state index >= 15 is 0 Å². The lowest BCUT2D eigenvalue weighted by Gasteiger charge is -2.14. The number of rotatable bonds is 6. The van der Waals surface area contributed by atoms with E-state index < -0.39 is 11.7 Å². The highest BCUT2D eigenvalue weighted by atomic mass is 19.4. The van der Waals surface area contributed by atoms with E-state index in [9.17, 15) is 13.2 Å². The Kier molecular flexibility index (Phi) is 5.54. The Hall–Kier alpha value is -4.29. The van der Waals surface area contributed by atoms with Gasteiger partial charge in [-0.3, -0.25) is 0 Å². The van der Waals surface area contributed by atoms with E-state index in [0.717, 1.165) is 12.1 Å². The predicted octanol–water partition coefficient (Wildman–Crippen LogP) is 3.58. The molecule has 0 bridgehead atoms. The lowest BCUT2D eigenvalue weighted by Crippen LogP contribution is -2.09. The molecule has 172 valence electrons. The van der Waals surface area contributed by atoms with Crippen LogP contribution >= 0.6 is 0 Å².